The van der Waals surface area contributed by atoms with Gasteiger partial charge in [-0.2, -0.15) is 0 Å². The van der Waals surface area contributed by atoms with Gasteiger partial charge in [0.15, 0.2) is 0 Å². The predicted octanol–water partition coefficient (Wildman–Crippen LogP) is 0.445. The Morgan fingerprint density at radius 1 is 1.60 bits per heavy atom. The van der Waals surface area contributed by atoms with Gasteiger partial charge in [0.05, 0.1) is 12.2 Å². The fourth-order valence-corrected chi connectivity index (χ4v) is 1.45. The third-order valence-electron chi connectivity index (χ3n) is 2.24. The Kier molecular flexibility index (Phi) is 2.71. The normalized spacial score (nSPS) is 20.0. The number of nitrogens with zero attached hydrogens (tertiary/aromatic N) is 1. The van der Waals surface area contributed by atoms with Gasteiger partial charge in [-0.1, -0.05) is 0 Å². The van der Waals surface area contributed by atoms with E-state index in [1.54, 1.807) is 6.07 Å². The summed E-state index contributed by atoms with van der Waals surface area (Å²) in [6.07, 6.45) is 2.69. The van der Waals surface area contributed by atoms with Crippen LogP contribution >= 0.6 is 0 Å². The van der Waals surface area contributed by atoms with Gasteiger partial charge in [-0.3, -0.25) is 4.79 Å². The fraction of sp³-hybridized carbons (Fsp3) is 0.400. The molecule has 0 saturated carbocycles. The molecule has 0 bridgehead atoms. The molecule has 1 aromatic rings. The number of pyridine rings is 1. The lowest BCUT2D eigenvalue weighted by atomic mass is 10.2. The Bertz CT molecular complexity index is 350. The highest BCUT2D eigenvalue weighted by Gasteiger charge is 2.21. The Balaban J connectivity index is 1.83. The van der Waals surface area contributed by atoms with Crippen LogP contribution < -0.4 is 10.1 Å². The highest BCUT2D eigenvalue weighted by molar-refractivity contribution is 5.78. The molecule has 1 aromatic heterocycles. The maximum atomic E-state index is 10.9. The van der Waals surface area contributed by atoms with Gasteiger partial charge in [0.1, 0.15) is 12.4 Å². The molecule has 15 heavy (non-hydrogen) atoms. The topological polar surface area (TPSA) is 71.5 Å². The van der Waals surface area contributed by atoms with Crippen molar-refractivity contribution in [2.24, 2.45) is 0 Å². The van der Waals surface area contributed by atoms with E-state index in [1.165, 1.54) is 12.3 Å². The molecule has 0 aliphatic carbocycles. The molecule has 2 N–H and O–H groups in total. The first-order chi connectivity index (χ1) is 7.24. The lowest BCUT2D eigenvalue weighted by Crippen LogP contribution is -2.30. The molecule has 5 heteroatoms. The van der Waals surface area contributed by atoms with E-state index in [0.717, 1.165) is 6.42 Å². The van der Waals surface area contributed by atoms with Crippen molar-refractivity contribution >= 4 is 5.91 Å². The average Bonchev–Trinajstić information content (AvgIpc) is 2.64. The van der Waals surface area contributed by atoms with Crippen LogP contribution in [0.3, 0.4) is 0 Å². The van der Waals surface area contributed by atoms with Gasteiger partial charge >= 0.3 is 0 Å². The number of nitrogens with one attached hydrogen (secondary N) is 1. The molecular weight excluding hydrogens is 196 g/mol. The third-order valence-corrected chi connectivity index (χ3v) is 2.24. The molecule has 80 valence electrons. The van der Waals surface area contributed by atoms with Crippen molar-refractivity contribution in [1.82, 2.24) is 10.3 Å². The maximum Gasteiger partial charge on any atom is 0.220 e. The maximum absolute atomic E-state index is 10.9. The van der Waals surface area contributed by atoms with E-state index < -0.39 is 0 Å². The lowest BCUT2D eigenvalue weighted by Gasteiger charge is -2.10. The molecule has 1 aliphatic heterocycles. The van der Waals surface area contributed by atoms with Crippen molar-refractivity contribution in [3.05, 3.63) is 18.3 Å². The van der Waals surface area contributed by atoms with Gasteiger partial charge in [0, 0.05) is 12.5 Å². The second-order valence-corrected chi connectivity index (χ2v) is 3.47. The molecule has 2 heterocycles. The van der Waals surface area contributed by atoms with E-state index in [9.17, 15) is 4.79 Å². The van der Waals surface area contributed by atoms with Crippen LogP contribution in [-0.4, -0.2) is 28.6 Å². The Hall–Kier alpha value is -1.78. The minimum Gasteiger partial charge on any atom is -0.506 e. The molecule has 2 rings (SSSR count). The predicted molar refractivity (Wildman–Crippen MR) is 52.6 cm³/mol. The van der Waals surface area contributed by atoms with E-state index in [2.05, 4.69) is 10.3 Å². The van der Waals surface area contributed by atoms with Crippen molar-refractivity contribution in [2.75, 3.05) is 6.61 Å². The molecule has 0 aromatic carbocycles. The van der Waals surface area contributed by atoms with Crippen LogP contribution in [-0.2, 0) is 4.79 Å². The van der Waals surface area contributed by atoms with Crippen molar-refractivity contribution in [3.63, 3.8) is 0 Å². The van der Waals surface area contributed by atoms with E-state index in [1.807, 2.05) is 0 Å². The minimum absolute atomic E-state index is 0.0715. The summed E-state index contributed by atoms with van der Waals surface area (Å²) in [5.41, 5.74) is 0. The van der Waals surface area contributed by atoms with Crippen LogP contribution in [0.25, 0.3) is 0 Å². The van der Waals surface area contributed by atoms with Gasteiger partial charge in [0.25, 0.3) is 0 Å². The monoisotopic (exact) mass is 208 g/mol. The van der Waals surface area contributed by atoms with E-state index in [4.69, 9.17) is 9.84 Å². The molecule has 5 nitrogen and oxygen atoms in total. The molecule has 1 unspecified atom stereocenters. The molecule has 1 atom stereocenters. The summed E-state index contributed by atoms with van der Waals surface area (Å²) in [4.78, 5) is 14.8. The fourth-order valence-electron chi connectivity index (χ4n) is 1.45. The van der Waals surface area contributed by atoms with Crippen LogP contribution in [0.4, 0.5) is 0 Å². The summed E-state index contributed by atoms with van der Waals surface area (Å²) in [7, 11) is 0. The summed E-state index contributed by atoms with van der Waals surface area (Å²) < 4.78 is 5.36. The van der Waals surface area contributed by atoms with E-state index >= 15 is 0 Å². The zero-order chi connectivity index (χ0) is 10.7. The number of hydrogen-bond donors (Lipinski definition) is 2. The Morgan fingerprint density at radius 3 is 3.07 bits per heavy atom. The van der Waals surface area contributed by atoms with Crippen LogP contribution in [0.2, 0.25) is 0 Å². The van der Waals surface area contributed by atoms with Gasteiger partial charge in [-0.25, -0.2) is 4.98 Å². The number of carbonyl (C=O) groups excluding carboxylic acids is 1. The first kappa shape index (κ1) is 9.76. The number of aromatic hydroxyl groups is 1. The van der Waals surface area contributed by atoms with Crippen molar-refractivity contribution in [2.45, 2.75) is 18.9 Å². The summed E-state index contributed by atoms with van der Waals surface area (Å²) in [5.74, 6) is 0.632. The molecule has 1 amide bonds. The van der Waals surface area contributed by atoms with Crippen LogP contribution in [0.5, 0.6) is 11.6 Å². The van der Waals surface area contributed by atoms with Gasteiger partial charge in [-0.05, 0) is 12.5 Å². The van der Waals surface area contributed by atoms with Crippen LogP contribution in [0, 0.1) is 0 Å². The quantitative estimate of drug-likeness (QED) is 0.756. The third kappa shape index (κ3) is 2.59. The molecule has 1 saturated heterocycles. The van der Waals surface area contributed by atoms with Gasteiger partial charge < -0.3 is 15.2 Å². The van der Waals surface area contributed by atoms with E-state index in [0.29, 0.717) is 18.9 Å². The number of rotatable bonds is 3. The van der Waals surface area contributed by atoms with Gasteiger partial charge in [-0.15, -0.1) is 0 Å². The Morgan fingerprint density at radius 2 is 2.47 bits per heavy atom. The van der Waals surface area contributed by atoms with Crippen molar-refractivity contribution in [1.29, 1.82) is 0 Å². The SMILES string of the molecule is O=C1CCC(COc2ccc(O)cn2)N1. The zero-order valence-corrected chi connectivity index (χ0v) is 8.14. The largest absolute Gasteiger partial charge is 0.506 e. The Labute approximate surface area is 87.1 Å². The highest BCUT2D eigenvalue weighted by atomic mass is 16.5. The number of amides is 1. The highest BCUT2D eigenvalue weighted by Crippen LogP contribution is 2.13. The first-order valence-corrected chi connectivity index (χ1v) is 4.81. The van der Waals surface area contributed by atoms with Crippen molar-refractivity contribution < 1.29 is 14.6 Å². The summed E-state index contributed by atoms with van der Waals surface area (Å²) >= 11 is 0. The molecule has 1 aliphatic rings. The first-order valence-electron chi connectivity index (χ1n) is 4.81. The molecular formula is C10H12N2O3. The number of ether oxygens (including phenoxy) is 1. The van der Waals surface area contributed by atoms with Crippen LogP contribution in [0.15, 0.2) is 18.3 Å². The van der Waals surface area contributed by atoms with Gasteiger partial charge in [0.2, 0.25) is 11.8 Å². The number of aromatic nitrogens is 1. The minimum atomic E-state index is 0.0715. The summed E-state index contributed by atoms with van der Waals surface area (Å²) in [6, 6.07) is 3.18. The van der Waals surface area contributed by atoms with Crippen molar-refractivity contribution in [3.8, 4) is 11.6 Å². The van der Waals surface area contributed by atoms with Crippen LogP contribution in [0.1, 0.15) is 12.8 Å². The smallest absolute Gasteiger partial charge is 0.220 e. The molecule has 0 spiro atoms. The number of hydrogen-bond acceptors (Lipinski definition) is 4. The average molecular weight is 208 g/mol. The second kappa shape index (κ2) is 4.16. The lowest BCUT2D eigenvalue weighted by molar-refractivity contribution is -0.119. The summed E-state index contributed by atoms with van der Waals surface area (Å²) in [6.45, 7) is 0.420. The summed E-state index contributed by atoms with van der Waals surface area (Å²) in [5, 5.41) is 11.8. The zero-order valence-electron chi connectivity index (χ0n) is 8.14. The molecule has 1 fully saturated rings. The second-order valence-electron chi connectivity index (χ2n) is 3.47. The van der Waals surface area contributed by atoms with E-state index in [-0.39, 0.29) is 17.7 Å². The number of carbonyl (C=O) groups is 1. The standard InChI is InChI=1S/C10H12N2O3/c13-8-2-4-10(11-5-8)15-6-7-1-3-9(14)12-7/h2,4-5,7,13H,1,3,6H2,(H,12,14). The molecule has 0 radical (unpaired) electrons.